The monoisotopic (exact) mass is 509 g/mol. The molecule has 0 aliphatic carbocycles. The predicted octanol–water partition coefficient (Wildman–Crippen LogP) is 5.99. The molecule has 4 rings (SSSR count). The molecule has 1 amide bonds. The van der Waals surface area contributed by atoms with Crippen LogP contribution in [0, 0.1) is 17.2 Å². The molecule has 0 radical (unpaired) electrons. The molecule has 0 unspecified atom stereocenters. The second-order valence-electron chi connectivity index (χ2n) is 12.2. The molecule has 2 atom stereocenters. The number of carbonyl (C=O) groups excluding carboxylic acids is 1. The van der Waals surface area contributed by atoms with Crippen molar-refractivity contribution in [1.82, 2.24) is 19.0 Å². The quantitative estimate of drug-likeness (QED) is 0.301. The third-order valence-electron chi connectivity index (χ3n) is 6.83. The Balaban J connectivity index is 1.68. The van der Waals surface area contributed by atoms with Gasteiger partial charge in [-0.15, -0.1) is 0 Å². The summed E-state index contributed by atoms with van der Waals surface area (Å²) in [6, 6.07) is 5.57. The van der Waals surface area contributed by atoms with Gasteiger partial charge in [-0.05, 0) is 45.2 Å². The molecule has 0 aromatic carbocycles. The maximum atomic E-state index is 12.8. The number of piperidine rings is 1. The van der Waals surface area contributed by atoms with E-state index in [-0.39, 0.29) is 12.1 Å². The predicted molar refractivity (Wildman–Crippen MR) is 145 cm³/mol. The first kappa shape index (κ1) is 26.2. The van der Waals surface area contributed by atoms with Crippen LogP contribution in [0.25, 0.3) is 21.9 Å². The van der Waals surface area contributed by atoms with Gasteiger partial charge in [0, 0.05) is 51.7 Å². The normalized spacial score (nSPS) is 19.1. The second kappa shape index (κ2) is 9.90. The molecular weight excluding hydrogens is 470 g/mol. The number of aromatic nitrogens is 3. The van der Waals surface area contributed by atoms with E-state index in [0.717, 1.165) is 34.4 Å². The summed E-state index contributed by atoms with van der Waals surface area (Å²) in [6.45, 7) is 17.2. The van der Waals surface area contributed by atoms with E-state index < -0.39 is 13.7 Å². The molecule has 3 aromatic rings. The van der Waals surface area contributed by atoms with Crippen molar-refractivity contribution in [2.45, 2.75) is 78.2 Å². The first-order chi connectivity index (χ1) is 16.9. The average Bonchev–Trinajstić information content (AvgIpc) is 3.36. The Morgan fingerprint density at radius 1 is 1.31 bits per heavy atom. The minimum Gasteiger partial charge on any atom is -0.444 e. The molecule has 36 heavy (non-hydrogen) atoms. The highest BCUT2D eigenvalue weighted by Crippen LogP contribution is 2.36. The van der Waals surface area contributed by atoms with Gasteiger partial charge < -0.3 is 23.5 Å². The third kappa shape index (κ3) is 5.60. The van der Waals surface area contributed by atoms with Gasteiger partial charge in [0.05, 0.1) is 22.5 Å². The van der Waals surface area contributed by atoms with Crippen molar-refractivity contribution in [3.63, 3.8) is 0 Å². The summed E-state index contributed by atoms with van der Waals surface area (Å²) in [4.78, 5) is 19.3. The molecule has 3 aromatic heterocycles. The fourth-order valence-corrected chi connectivity index (χ4v) is 5.55. The Labute approximate surface area is 214 Å². The smallest absolute Gasteiger partial charge is 0.410 e. The Morgan fingerprint density at radius 2 is 2.06 bits per heavy atom. The van der Waals surface area contributed by atoms with E-state index in [0.29, 0.717) is 37.9 Å². The summed E-state index contributed by atoms with van der Waals surface area (Å²) in [5.41, 5.74) is 1.79. The summed E-state index contributed by atoms with van der Waals surface area (Å²) in [5.74, 6) is 0.361. The van der Waals surface area contributed by atoms with Crippen molar-refractivity contribution in [2.24, 2.45) is 5.92 Å². The van der Waals surface area contributed by atoms with Crippen molar-refractivity contribution >= 4 is 36.1 Å². The Kier molecular flexibility index (Phi) is 7.22. The molecule has 4 heterocycles. The molecule has 8 nitrogen and oxygen atoms in total. The van der Waals surface area contributed by atoms with Gasteiger partial charge in [0.1, 0.15) is 24.0 Å². The lowest BCUT2D eigenvalue weighted by Gasteiger charge is -2.38. The van der Waals surface area contributed by atoms with Gasteiger partial charge in [0.15, 0.2) is 0 Å². The summed E-state index contributed by atoms with van der Waals surface area (Å²) in [5, 5.41) is 11.8. The van der Waals surface area contributed by atoms with E-state index in [1.165, 1.54) is 0 Å². The van der Waals surface area contributed by atoms with Gasteiger partial charge in [-0.2, -0.15) is 5.26 Å². The molecule has 1 aliphatic heterocycles. The number of hydrogen-bond donors (Lipinski definition) is 0. The van der Waals surface area contributed by atoms with Gasteiger partial charge in [0.25, 0.3) is 0 Å². The minimum absolute atomic E-state index is 0.0669. The van der Waals surface area contributed by atoms with E-state index in [2.05, 4.69) is 43.4 Å². The van der Waals surface area contributed by atoms with E-state index in [1.807, 2.05) is 48.7 Å². The fourth-order valence-electron chi connectivity index (χ4n) is 4.79. The van der Waals surface area contributed by atoms with E-state index in [4.69, 9.17) is 14.5 Å². The number of rotatable bonds is 6. The Hall–Kier alpha value is -2.83. The van der Waals surface area contributed by atoms with Crippen molar-refractivity contribution in [3.8, 4) is 6.07 Å². The van der Waals surface area contributed by atoms with Crippen molar-refractivity contribution in [2.75, 3.05) is 19.7 Å². The van der Waals surface area contributed by atoms with E-state index in [9.17, 15) is 10.1 Å². The van der Waals surface area contributed by atoms with Crippen LogP contribution in [0.4, 0.5) is 4.79 Å². The summed E-state index contributed by atoms with van der Waals surface area (Å²) in [6.07, 6.45) is 6.39. The van der Waals surface area contributed by atoms with Crippen LogP contribution >= 0.6 is 0 Å². The number of nitrogens with zero attached hydrogens (tertiary/aromatic N) is 5. The molecule has 0 saturated carbocycles. The maximum Gasteiger partial charge on any atom is 0.410 e. The number of pyridine rings is 1. The Morgan fingerprint density at radius 3 is 2.72 bits per heavy atom. The molecular formula is C27H39N5O3Si. The highest BCUT2D eigenvalue weighted by molar-refractivity contribution is 6.76. The van der Waals surface area contributed by atoms with Crippen molar-refractivity contribution in [1.29, 1.82) is 5.26 Å². The number of nitriles is 1. The molecule has 9 heteroatoms. The summed E-state index contributed by atoms with van der Waals surface area (Å²) >= 11 is 0. The van der Waals surface area contributed by atoms with Gasteiger partial charge in [-0.1, -0.05) is 26.6 Å². The van der Waals surface area contributed by atoms with Gasteiger partial charge in [0.2, 0.25) is 0 Å². The highest BCUT2D eigenvalue weighted by atomic mass is 28.3. The molecule has 0 N–H and O–H groups in total. The molecule has 1 saturated heterocycles. The molecule has 194 valence electrons. The third-order valence-corrected chi connectivity index (χ3v) is 8.54. The van der Waals surface area contributed by atoms with Crippen LogP contribution in [-0.2, 0) is 16.2 Å². The standard InChI is InChI=1S/C27H39N5O3Si/c1-19-8-10-30(26(33)35-27(2,3)4)17-22(19)32-11-9-20-15-29-25-23(24(20)32)21(14-28)16-31(25)18-34-12-13-36(5,6)7/h9,11,15-16,19,22H,8,10,12-13,17-18H2,1-7H3/t19-,22+/m1/s1. The topological polar surface area (TPSA) is 85.3 Å². The highest BCUT2D eigenvalue weighted by Gasteiger charge is 2.33. The van der Waals surface area contributed by atoms with Crippen LogP contribution < -0.4 is 0 Å². The minimum atomic E-state index is -1.18. The second-order valence-corrected chi connectivity index (χ2v) is 17.8. The maximum absolute atomic E-state index is 12.8. The summed E-state index contributed by atoms with van der Waals surface area (Å²) < 4.78 is 15.8. The number of ether oxygens (including phenoxy) is 2. The zero-order valence-corrected chi connectivity index (χ0v) is 23.7. The fraction of sp³-hybridized carbons (Fsp3) is 0.593. The zero-order chi connectivity index (χ0) is 26.3. The lowest BCUT2D eigenvalue weighted by molar-refractivity contribution is 0.0128. The SMILES string of the molecule is C[C@@H]1CCN(C(=O)OC(C)(C)C)C[C@@H]1n1ccc2cnc3c(c(C#N)cn3COCC[Si](C)(C)C)c21. The van der Waals surface area contributed by atoms with Crippen LogP contribution in [-0.4, -0.2) is 58.5 Å². The molecule has 0 bridgehead atoms. The Bertz CT molecular complexity index is 1290. The van der Waals surface area contributed by atoms with Crippen molar-refractivity contribution < 1.29 is 14.3 Å². The number of likely N-dealkylation sites (tertiary alicyclic amines) is 1. The first-order valence-corrected chi connectivity index (χ1v) is 16.5. The summed E-state index contributed by atoms with van der Waals surface area (Å²) in [7, 11) is -1.18. The first-order valence-electron chi connectivity index (χ1n) is 12.8. The van der Waals surface area contributed by atoms with Crippen LogP contribution in [0.3, 0.4) is 0 Å². The number of amides is 1. The van der Waals surface area contributed by atoms with Gasteiger partial charge >= 0.3 is 6.09 Å². The van der Waals surface area contributed by atoms with Gasteiger partial charge in [-0.25, -0.2) is 9.78 Å². The average molecular weight is 510 g/mol. The van der Waals surface area contributed by atoms with E-state index in [1.54, 1.807) is 0 Å². The van der Waals surface area contributed by atoms with Crippen LogP contribution in [0.5, 0.6) is 0 Å². The molecule has 1 aliphatic rings. The van der Waals surface area contributed by atoms with Gasteiger partial charge in [-0.3, -0.25) is 0 Å². The lowest BCUT2D eigenvalue weighted by Crippen LogP contribution is -2.45. The largest absolute Gasteiger partial charge is 0.444 e. The number of hydrogen-bond acceptors (Lipinski definition) is 5. The zero-order valence-electron chi connectivity index (χ0n) is 22.7. The number of fused-ring (bicyclic) bond motifs is 3. The van der Waals surface area contributed by atoms with Crippen molar-refractivity contribution in [3.05, 3.63) is 30.2 Å². The molecule has 0 spiro atoms. The molecule has 1 fully saturated rings. The van der Waals surface area contributed by atoms with Crippen LogP contribution in [0.1, 0.15) is 45.7 Å². The lowest BCUT2D eigenvalue weighted by atomic mass is 9.93. The number of carbonyl (C=O) groups is 1. The van der Waals surface area contributed by atoms with Crippen LogP contribution in [0.15, 0.2) is 24.7 Å². The van der Waals surface area contributed by atoms with Crippen LogP contribution in [0.2, 0.25) is 25.7 Å². The van der Waals surface area contributed by atoms with E-state index >= 15 is 0 Å².